The van der Waals surface area contributed by atoms with Crippen LogP contribution in [0.1, 0.15) is 18.1 Å². The molecule has 1 unspecified atom stereocenters. The molecule has 0 N–H and O–H groups in total. The molecule has 0 bridgehead atoms. The van der Waals surface area contributed by atoms with E-state index in [2.05, 4.69) is 16.3 Å². The van der Waals surface area contributed by atoms with E-state index in [1.54, 1.807) is 4.57 Å². The molecule has 3 aromatic carbocycles. The van der Waals surface area contributed by atoms with Crippen molar-refractivity contribution in [1.29, 1.82) is 0 Å². The Morgan fingerprint density at radius 1 is 0.971 bits per heavy atom. The zero-order valence-corrected chi connectivity index (χ0v) is 20.0. The van der Waals surface area contributed by atoms with Crippen LogP contribution in [0.2, 0.25) is 0 Å². The minimum absolute atomic E-state index is 0.0404. The lowest BCUT2D eigenvalue weighted by Gasteiger charge is -2.21. The number of rotatable bonds is 5. The molecule has 5 aromatic rings. The Hall–Kier alpha value is -3.91. The summed E-state index contributed by atoms with van der Waals surface area (Å²) in [5, 5.41) is 9.63. The molecule has 2 aromatic heterocycles. The molecule has 0 radical (unpaired) electrons. The second-order valence-corrected chi connectivity index (χ2v) is 9.95. The van der Waals surface area contributed by atoms with Crippen molar-refractivity contribution in [2.75, 3.05) is 11.4 Å². The molecule has 35 heavy (non-hydrogen) atoms. The molecule has 1 atom stereocenters. The smallest absolute Gasteiger partial charge is 0.263 e. The number of anilines is 1. The van der Waals surface area contributed by atoms with Crippen LogP contribution in [0, 0.1) is 0 Å². The molecule has 0 saturated carbocycles. The fourth-order valence-corrected chi connectivity index (χ4v) is 5.63. The topological polar surface area (TPSA) is 72.5 Å². The third-order valence-corrected chi connectivity index (χ3v) is 7.48. The van der Waals surface area contributed by atoms with Crippen molar-refractivity contribution >= 4 is 40.0 Å². The van der Waals surface area contributed by atoms with Crippen LogP contribution in [0.5, 0.6) is 0 Å². The molecular formula is C27H23N5O2S. The highest BCUT2D eigenvalue weighted by molar-refractivity contribution is 8.00. The summed E-state index contributed by atoms with van der Waals surface area (Å²) >= 11 is 1.37. The minimum Gasteiger partial charge on any atom is -0.311 e. The molecule has 8 heteroatoms. The summed E-state index contributed by atoms with van der Waals surface area (Å²) in [7, 11) is 0. The zero-order chi connectivity index (χ0) is 23.9. The van der Waals surface area contributed by atoms with Gasteiger partial charge in [-0.3, -0.25) is 18.6 Å². The molecule has 6 rings (SSSR count). The second-order valence-electron chi connectivity index (χ2n) is 8.64. The lowest BCUT2D eigenvalue weighted by Crippen LogP contribution is -2.35. The van der Waals surface area contributed by atoms with Crippen LogP contribution >= 0.6 is 11.8 Å². The number of nitrogens with zero attached hydrogens (tertiary/aromatic N) is 5. The van der Waals surface area contributed by atoms with E-state index in [9.17, 15) is 9.59 Å². The molecule has 0 aliphatic carbocycles. The molecule has 0 saturated heterocycles. The van der Waals surface area contributed by atoms with Crippen LogP contribution in [0.3, 0.4) is 0 Å². The Labute approximate surface area is 206 Å². The first kappa shape index (κ1) is 21.6. The summed E-state index contributed by atoms with van der Waals surface area (Å²) in [5.41, 5.74) is 3.80. The number of amides is 1. The maximum atomic E-state index is 13.4. The monoisotopic (exact) mass is 481 g/mol. The van der Waals surface area contributed by atoms with Crippen LogP contribution in [-0.2, 0) is 17.8 Å². The average molecular weight is 482 g/mol. The summed E-state index contributed by atoms with van der Waals surface area (Å²) in [5.74, 6) is 0.504. The summed E-state index contributed by atoms with van der Waals surface area (Å²) in [4.78, 5) is 28.6. The molecule has 1 amide bonds. The van der Waals surface area contributed by atoms with E-state index in [0.717, 1.165) is 23.2 Å². The maximum absolute atomic E-state index is 13.4. The van der Waals surface area contributed by atoms with Gasteiger partial charge in [0.15, 0.2) is 5.16 Å². The van der Waals surface area contributed by atoms with Crippen LogP contribution in [0.15, 0.2) is 88.8 Å². The van der Waals surface area contributed by atoms with E-state index in [1.165, 1.54) is 17.3 Å². The average Bonchev–Trinajstić information content (AvgIpc) is 3.51. The van der Waals surface area contributed by atoms with Crippen LogP contribution < -0.4 is 10.5 Å². The third kappa shape index (κ3) is 3.70. The van der Waals surface area contributed by atoms with Crippen molar-refractivity contribution in [2.24, 2.45) is 0 Å². The highest BCUT2D eigenvalue weighted by Crippen LogP contribution is 2.32. The lowest BCUT2D eigenvalue weighted by atomic mass is 10.2. The van der Waals surface area contributed by atoms with Gasteiger partial charge < -0.3 is 4.90 Å². The quantitative estimate of drug-likeness (QED) is 0.353. The van der Waals surface area contributed by atoms with Gasteiger partial charge in [-0.2, -0.15) is 0 Å². The van der Waals surface area contributed by atoms with Crippen molar-refractivity contribution in [2.45, 2.75) is 30.3 Å². The summed E-state index contributed by atoms with van der Waals surface area (Å²) in [6.45, 7) is 2.97. The molecule has 0 spiro atoms. The molecule has 7 nitrogen and oxygen atoms in total. The van der Waals surface area contributed by atoms with Gasteiger partial charge in [-0.15, -0.1) is 10.2 Å². The molecule has 1 aliphatic rings. The molecule has 1 aliphatic heterocycles. The number of fused-ring (bicyclic) bond motifs is 4. The zero-order valence-electron chi connectivity index (χ0n) is 19.2. The Balaban J connectivity index is 1.40. The number of thioether (sulfide) groups is 1. The fourth-order valence-electron chi connectivity index (χ4n) is 4.71. The van der Waals surface area contributed by atoms with Gasteiger partial charge in [0.05, 0.1) is 22.7 Å². The van der Waals surface area contributed by atoms with Crippen molar-refractivity contribution in [1.82, 2.24) is 19.2 Å². The van der Waals surface area contributed by atoms with Gasteiger partial charge in [-0.05, 0) is 42.7 Å². The first-order chi connectivity index (χ1) is 17.1. The first-order valence-electron chi connectivity index (χ1n) is 11.6. The van der Waals surface area contributed by atoms with Gasteiger partial charge in [0.1, 0.15) is 0 Å². The maximum Gasteiger partial charge on any atom is 0.263 e. The Morgan fingerprint density at radius 3 is 2.57 bits per heavy atom. The summed E-state index contributed by atoms with van der Waals surface area (Å²) in [6.07, 6.45) is 0.865. The fraction of sp³-hybridized carbons (Fsp3) is 0.185. The van der Waals surface area contributed by atoms with Gasteiger partial charge in [-0.1, -0.05) is 72.4 Å². The number of carbonyl (C=O) groups excluding carboxylic acids is 1. The van der Waals surface area contributed by atoms with Crippen molar-refractivity contribution in [3.8, 4) is 0 Å². The van der Waals surface area contributed by atoms with E-state index in [1.807, 2.05) is 89.0 Å². The highest BCUT2D eigenvalue weighted by Gasteiger charge is 2.29. The number of benzene rings is 3. The highest BCUT2D eigenvalue weighted by atomic mass is 32.2. The summed E-state index contributed by atoms with van der Waals surface area (Å²) < 4.78 is 3.55. The predicted octanol–water partition coefficient (Wildman–Crippen LogP) is 4.16. The van der Waals surface area contributed by atoms with E-state index >= 15 is 0 Å². The largest absolute Gasteiger partial charge is 0.311 e. The standard InChI is InChI=1S/C27H23N5O2S/c1-18(24(33)30-16-15-20-11-5-7-13-22(20)30)35-27-29-28-26-31(17-19-9-3-2-4-10-19)25(34)21-12-6-8-14-23(21)32(26)27/h2-14,18H,15-17H2,1H3. The Morgan fingerprint density at radius 2 is 1.71 bits per heavy atom. The molecule has 0 fully saturated rings. The van der Waals surface area contributed by atoms with Gasteiger partial charge in [-0.25, -0.2) is 0 Å². The Kier molecular flexibility index (Phi) is 5.37. The molecule has 174 valence electrons. The third-order valence-electron chi connectivity index (χ3n) is 6.44. The van der Waals surface area contributed by atoms with Crippen LogP contribution in [0.25, 0.3) is 16.7 Å². The van der Waals surface area contributed by atoms with Crippen molar-refractivity contribution in [3.63, 3.8) is 0 Å². The number of hydrogen-bond acceptors (Lipinski definition) is 5. The van der Waals surface area contributed by atoms with Crippen LogP contribution in [0.4, 0.5) is 5.69 Å². The van der Waals surface area contributed by atoms with E-state index in [-0.39, 0.29) is 16.7 Å². The Bertz CT molecular complexity index is 1630. The van der Waals surface area contributed by atoms with Gasteiger partial charge in [0.2, 0.25) is 11.7 Å². The number of hydrogen-bond donors (Lipinski definition) is 0. The number of aromatic nitrogens is 4. The summed E-state index contributed by atoms with van der Waals surface area (Å²) in [6, 6.07) is 25.3. The SMILES string of the molecule is CC(Sc1nnc2n(Cc3ccccc3)c(=O)c3ccccc3n12)C(=O)N1CCc2ccccc21. The predicted molar refractivity (Wildman–Crippen MR) is 138 cm³/mol. The first-order valence-corrected chi connectivity index (χ1v) is 12.5. The van der Waals surface area contributed by atoms with Gasteiger partial charge in [0, 0.05) is 12.2 Å². The molecule has 3 heterocycles. The van der Waals surface area contributed by atoms with Crippen molar-refractivity contribution < 1.29 is 4.79 Å². The van der Waals surface area contributed by atoms with Crippen molar-refractivity contribution in [3.05, 3.63) is 100 Å². The van der Waals surface area contributed by atoms with Gasteiger partial charge >= 0.3 is 0 Å². The normalized spacial score (nSPS) is 13.9. The minimum atomic E-state index is -0.373. The van der Waals surface area contributed by atoms with Crippen LogP contribution in [-0.4, -0.2) is 36.9 Å². The van der Waals surface area contributed by atoms with Gasteiger partial charge in [0.25, 0.3) is 5.56 Å². The lowest BCUT2D eigenvalue weighted by molar-refractivity contribution is -0.117. The van der Waals surface area contributed by atoms with E-state index in [0.29, 0.717) is 29.4 Å². The number of para-hydroxylation sites is 2. The number of carbonyl (C=O) groups is 1. The second kappa shape index (κ2) is 8.70. The van der Waals surface area contributed by atoms with E-state index < -0.39 is 0 Å². The molecular weight excluding hydrogens is 458 g/mol. The van der Waals surface area contributed by atoms with E-state index in [4.69, 9.17) is 0 Å².